The molecule has 1 aromatic rings. The molecule has 3 rings (SSSR count). The Morgan fingerprint density at radius 1 is 1.41 bits per heavy atom. The van der Waals surface area contributed by atoms with Crippen LogP contribution in [0.1, 0.15) is 4.88 Å². The second kappa shape index (κ2) is 5.86. The zero-order valence-electron chi connectivity index (χ0n) is 11.4. The smallest absolute Gasteiger partial charge is 0.327 e. The fourth-order valence-corrected chi connectivity index (χ4v) is 3.14. The molecule has 0 radical (unpaired) electrons. The van der Waals surface area contributed by atoms with Gasteiger partial charge in [0.15, 0.2) is 10.3 Å². The summed E-state index contributed by atoms with van der Waals surface area (Å²) in [5, 5.41) is 0. The minimum Gasteiger partial charge on any atom is -0.327 e. The molecule has 2 aliphatic rings. The number of halogens is 1. The third kappa shape index (κ3) is 2.60. The summed E-state index contributed by atoms with van der Waals surface area (Å²) in [6.07, 6.45) is 4.92. The van der Waals surface area contributed by atoms with Crippen LogP contribution in [0.4, 0.5) is 0 Å². The van der Waals surface area contributed by atoms with Crippen LogP contribution in [-0.2, 0) is 13.1 Å². The van der Waals surface area contributed by atoms with Gasteiger partial charge in [0.05, 0.1) is 12.1 Å². The highest BCUT2D eigenvalue weighted by Crippen LogP contribution is 2.21. The van der Waals surface area contributed by atoms with E-state index in [1.807, 2.05) is 0 Å². The van der Waals surface area contributed by atoms with E-state index in [2.05, 4.69) is 16.5 Å². The van der Waals surface area contributed by atoms with Crippen LogP contribution in [-0.4, -0.2) is 19.1 Å². The van der Waals surface area contributed by atoms with Crippen molar-refractivity contribution in [3.8, 4) is 11.4 Å². The van der Waals surface area contributed by atoms with Crippen LogP contribution in [0.5, 0.6) is 0 Å². The number of hydrogen-bond acceptors (Lipinski definition) is 5. The zero-order chi connectivity index (χ0) is 15.7. The van der Waals surface area contributed by atoms with Crippen molar-refractivity contribution in [3.63, 3.8) is 0 Å². The van der Waals surface area contributed by atoms with Gasteiger partial charge in [0.1, 0.15) is 0 Å². The molecule has 0 N–H and O–H groups in total. The maximum Gasteiger partial charge on any atom is 0.352 e. The van der Waals surface area contributed by atoms with Crippen LogP contribution in [0.2, 0.25) is 4.47 Å². The molecular formula is C14H11ClN4O2S. The van der Waals surface area contributed by atoms with Gasteiger partial charge in [-0.2, -0.15) is 4.98 Å². The van der Waals surface area contributed by atoms with Crippen molar-refractivity contribution >= 4 is 22.9 Å². The first-order valence-corrected chi connectivity index (χ1v) is 7.60. The predicted octanol–water partition coefficient (Wildman–Crippen LogP) is 1.85. The Kier molecular flexibility index (Phi) is 3.91. The average molecular weight is 335 g/mol. The van der Waals surface area contributed by atoms with Gasteiger partial charge in [-0.15, -0.1) is 17.9 Å². The monoisotopic (exact) mass is 334 g/mol. The second-order valence-corrected chi connectivity index (χ2v) is 6.25. The van der Waals surface area contributed by atoms with Crippen molar-refractivity contribution in [2.75, 3.05) is 0 Å². The van der Waals surface area contributed by atoms with Gasteiger partial charge in [-0.1, -0.05) is 17.7 Å². The normalized spacial score (nSPS) is 11.0. The summed E-state index contributed by atoms with van der Waals surface area (Å²) < 4.78 is 3.24. The zero-order valence-corrected chi connectivity index (χ0v) is 13.0. The Balaban J connectivity index is 2.15. The van der Waals surface area contributed by atoms with Crippen molar-refractivity contribution in [1.82, 2.24) is 19.1 Å². The number of nitrogens with zero attached hydrogens (tertiary/aromatic N) is 4. The first-order chi connectivity index (χ1) is 10.6. The highest BCUT2D eigenvalue weighted by Gasteiger charge is 2.16. The van der Waals surface area contributed by atoms with E-state index in [1.165, 1.54) is 17.4 Å². The first-order valence-electron chi connectivity index (χ1n) is 6.41. The molecule has 8 heteroatoms. The van der Waals surface area contributed by atoms with Crippen LogP contribution < -0.4 is 11.2 Å². The summed E-state index contributed by atoms with van der Waals surface area (Å²) in [4.78, 5) is 33.3. The molecule has 1 aromatic heterocycles. The number of hydrogen-bond donors (Lipinski definition) is 0. The first kappa shape index (κ1) is 14.7. The summed E-state index contributed by atoms with van der Waals surface area (Å²) >= 11 is 7.16. The van der Waals surface area contributed by atoms with Gasteiger partial charge >= 0.3 is 5.69 Å². The van der Waals surface area contributed by atoms with Gasteiger partial charge in [0, 0.05) is 23.8 Å². The summed E-state index contributed by atoms with van der Waals surface area (Å²) in [6.45, 7) is 4.13. The second-order valence-electron chi connectivity index (χ2n) is 4.55. The molecule has 0 atom stereocenters. The van der Waals surface area contributed by atoms with E-state index in [9.17, 15) is 9.59 Å². The third-order valence-electron chi connectivity index (χ3n) is 3.11. The van der Waals surface area contributed by atoms with Gasteiger partial charge in [-0.05, 0) is 12.1 Å². The highest BCUT2D eigenvalue weighted by atomic mass is 35.5. The topological polar surface area (TPSA) is 69.8 Å². The van der Waals surface area contributed by atoms with E-state index in [0.29, 0.717) is 22.4 Å². The maximum atomic E-state index is 12.4. The SMILES string of the molecule is C=CCn1c(=O)nc2n(Cc3cnc(Cl)s3)cccc-2c1=O. The third-order valence-corrected chi connectivity index (χ3v) is 4.21. The molecule has 0 saturated carbocycles. The molecule has 0 aliphatic carbocycles. The lowest BCUT2D eigenvalue weighted by Gasteiger charge is -2.13. The van der Waals surface area contributed by atoms with Crippen LogP contribution in [0, 0.1) is 0 Å². The number of rotatable bonds is 4. The Labute approximate surface area is 134 Å². The van der Waals surface area contributed by atoms with Gasteiger partial charge in [-0.3, -0.25) is 9.36 Å². The van der Waals surface area contributed by atoms with Crippen molar-refractivity contribution in [3.05, 3.63) is 67.4 Å². The van der Waals surface area contributed by atoms with E-state index in [4.69, 9.17) is 11.6 Å². The lowest BCUT2D eigenvalue weighted by atomic mass is 10.2. The molecule has 0 fully saturated rings. The molecule has 112 valence electrons. The fraction of sp³-hybridized carbons (Fsp3) is 0.143. The van der Waals surface area contributed by atoms with E-state index >= 15 is 0 Å². The van der Waals surface area contributed by atoms with Crippen molar-refractivity contribution in [2.24, 2.45) is 0 Å². The maximum absolute atomic E-state index is 12.4. The molecule has 6 nitrogen and oxygen atoms in total. The molecule has 0 saturated heterocycles. The molecule has 3 heterocycles. The summed E-state index contributed by atoms with van der Waals surface area (Å²) in [5.41, 5.74) is -0.564. The predicted molar refractivity (Wildman–Crippen MR) is 85.8 cm³/mol. The molecule has 0 aromatic carbocycles. The molecule has 2 aliphatic heterocycles. The molecule has 0 bridgehead atoms. The van der Waals surface area contributed by atoms with Crippen LogP contribution in [0.15, 0.2) is 46.8 Å². The Morgan fingerprint density at radius 2 is 2.23 bits per heavy atom. The minimum atomic E-state index is -0.584. The van der Waals surface area contributed by atoms with Crippen molar-refractivity contribution in [1.29, 1.82) is 0 Å². The van der Waals surface area contributed by atoms with Gasteiger partial charge in [0.25, 0.3) is 5.56 Å². The quantitative estimate of drug-likeness (QED) is 0.683. The highest BCUT2D eigenvalue weighted by molar-refractivity contribution is 7.15. The lowest BCUT2D eigenvalue weighted by molar-refractivity contribution is 0.691. The van der Waals surface area contributed by atoms with Crippen LogP contribution >= 0.6 is 22.9 Å². The number of thiazole rings is 1. The largest absolute Gasteiger partial charge is 0.352 e. The molecule has 0 spiro atoms. The van der Waals surface area contributed by atoms with Crippen LogP contribution in [0.3, 0.4) is 0 Å². The van der Waals surface area contributed by atoms with Crippen molar-refractivity contribution < 1.29 is 0 Å². The molecular weight excluding hydrogens is 324 g/mol. The average Bonchev–Trinajstić information content (AvgIpc) is 2.90. The molecule has 0 amide bonds. The van der Waals surface area contributed by atoms with E-state index in [0.717, 1.165) is 9.44 Å². The van der Waals surface area contributed by atoms with Crippen molar-refractivity contribution in [2.45, 2.75) is 13.1 Å². The number of pyridine rings is 1. The Bertz CT molecular complexity index is 927. The minimum absolute atomic E-state index is 0.139. The summed E-state index contributed by atoms with van der Waals surface area (Å²) in [6, 6.07) is 3.40. The number of aromatic nitrogens is 4. The van der Waals surface area contributed by atoms with Gasteiger partial charge in [-0.25, -0.2) is 9.78 Å². The lowest BCUT2D eigenvalue weighted by Crippen LogP contribution is -2.37. The molecule has 0 unspecified atom stereocenters. The van der Waals surface area contributed by atoms with E-state index in [1.54, 1.807) is 29.1 Å². The Morgan fingerprint density at radius 3 is 2.91 bits per heavy atom. The standard InChI is InChI=1S/C14H11ClN4O2S/c1-2-5-19-12(20)10-4-3-6-18(11(10)17-14(19)21)8-9-7-16-13(15)22-9/h2-4,6-7H,1,5,8H2. The summed E-state index contributed by atoms with van der Waals surface area (Å²) in [7, 11) is 0. The van der Waals surface area contributed by atoms with E-state index in [-0.39, 0.29) is 12.1 Å². The summed E-state index contributed by atoms with van der Waals surface area (Å²) in [5.74, 6) is 0.349. The van der Waals surface area contributed by atoms with Gasteiger partial charge < -0.3 is 4.57 Å². The Hall–Kier alpha value is -2.25. The van der Waals surface area contributed by atoms with Gasteiger partial charge in [0.2, 0.25) is 0 Å². The van der Waals surface area contributed by atoms with E-state index < -0.39 is 5.69 Å². The molecule has 22 heavy (non-hydrogen) atoms. The fourth-order valence-electron chi connectivity index (χ4n) is 2.16. The van der Waals surface area contributed by atoms with Crippen LogP contribution in [0.25, 0.3) is 11.4 Å². The number of allylic oxidation sites excluding steroid dienone is 1. The number of fused-ring (bicyclic) bond motifs is 1.